The van der Waals surface area contributed by atoms with Gasteiger partial charge in [0.25, 0.3) is 5.91 Å². The molecule has 1 aromatic heterocycles. The van der Waals surface area contributed by atoms with E-state index >= 15 is 0 Å². The number of hydrogen-bond acceptors (Lipinski definition) is 9. The number of benzene rings is 2. The highest BCUT2D eigenvalue weighted by molar-refractivity contribution is 5.96. The number of methoxy groups -OCH3 is 1. The minimum Gasteiger partial charge on any atom is -0.497 e. The average molecular weight is 613 g/mol. The van der Waals surface area contributed by atoms with Crippen LogP contribution in [-0.4, -0.2) is 91.2 Å². The number of primary amides is 1. The Balaban J connectivity index is 1.16. The van der Waals surface area contributed by atoms with Crippen LogP contribution in [0, 0.1) is 6.92 Å². The number of aromatic nitrogens is 2. The predicted octanol–water partition coefficient (Wildman–Crippen LogP) is 4.38. The number of hydrogen-bond donors (Lipinski definition) is 3. The van der Waals surface area contributed by atoms with Crippen LogP contribution in [0.5, 0.6) is 5.75 Å². The summed E-state index contributed by atoms with van der Waals surface area (Å²) in [5.74, 6) is 1.34. The maximum absolute atomic E-state index is 12.5. The van der Waals surface area contributed by atoms with Gasteiger partial charge in [-0.1, -0.05) is 13.0 Å². The minimum absolute atomic E-state index is 0.156. The van der Waals surface area contributed by atoms with E-state index < -0.39 is 5.91 Å². The van der Waals surface area contributed by atoms with Crippen LogP contribution in [0.15, 0.2) is 36.4 Å². The Labute approximate surface area is 267 Å². The third kappa shape index (κ3) is 7.02. The number of nitrogens with one attached hydrogen (secondary N) is 2. The lowest BCUT2D eigenvalue weighted by Crippen LogP contribution is -2.52. The fraction of sp³-hybridized carbons (Fsp3) is 0.514. The van der Waals surface area contributed by atoms with Gasteiger partial charge in [0.15, 0.2) is 17.3 Å². The smallest absolute Gasteiger partial charge is 0.271 e. The zero-order chi connectivity index (χ0) is 31.5. The number of piperidine rings is 1. The van der Waals surface area contributed by atoms with Crippen molar-refractivity contribution in [3.05, 3.63) is 64.5 Å². The predicted molar refractivity (Wildman–Crippen MR) is 181 cm³/mol. The number of carbonyl (C=O) groups is 1. The normalized spacial score (nSPS) is 19.6. The van der Waals surface area contributed by atoms with Gasteiger partial charge in [0.2, 0.25) is 0 Å². The van der Waals surface area contributed by atoms with Crippen LogP contribution in [0.1, 0.15) is 59.1 Å². The summed E-state index contributed by atoms with van der Waals surface area (Å²) in [6.07, 6.45) is 5.85. The number of ether oxygens (including phenoxy) is 1. The molecule has 240 valence electrons. The van der Waals surface area contributed by atoms with E-state index in [4.69, 9.17) is 20.4 Å². The van der Waals surface area contributed by atoms with E-state index in [1.807, 2.05) is 13.0 Å². The molecule has 3 aromatic rings. The fourth-order valence-electron chi connectivity index (χ4n) is 7.15. The van der Waals surface area contributed by atoms with Crippen molar-refractivity contribution in [2.24, 2.45) is 5.73 Å². The van der Waals surface area contributed by atoms with Gasteiger partial charge in [-0.05, 0) is 99.5 Å². The number of rotatable bonds is 9. The largest absolute Gasteiger partial charge is 0.497 e. The second kappa shape index (κ2) is 13.6. The van der Waals surface area contributed by atoms with Crippen LogP contribution in [0.2, 0.25) is 0 Å². The maximum atomic E-state index is 12.5. The Morgan fingerprint density at radius 2 is 1.76 bits per heavy atom. The summed E-state index contributed by atoms with van der Waals surface area (Å²) in [5, 5.41) is 7.02. The van der Waals surface area contributed by atoms with Crippen molar-refractivity contribution < 1.29 is 9.53 Å². The Bertz CT molecular complexity index is 1510. The average Bonchev–Trinajstić information content (AvgIpc) is 3.05. The molecule has 3 heterocycles. The second-order valence-corrected chi connectivity index (χ2v) is 12.8. The molecular formula is C35H48N8O2. The van der Waals surface area contributed by atoms with Crippen molar-refractivity contribution in [3.63, 3.8) is 0 Å². The molecule has 6 rings (SSSR count). The highest BCUT2D eigenvalue weighted by atomic mass is 16.5. The number of nitrogens with two attached hydrogens (primary N) is 1. The van der Waals surface area contributed by atoms with E-state index in [1.165, 1.54) is 61.4 Å². The van der Waals surface area contributed by atoms with Crippen molar-refractivity contribution >= 4 is 28.9 Å². The van der Waals surface area contributed by atoms with Crippen LogP contribution in [0.4, 0.5) is 23.0 Å². The molecule has 0 unspecified atom stereocenters. The van der Waals surface area contributed by atoms with Crippen LogP contribution < -0.4 is 26.0 Å². The summed E-state index contributed by atoms with van der Waals surface area (Å²) in [6.45, 7) is 11.0. The molecule has 0 radical (unpaired) electrons. The zero-order valence-corrected chi connectivity index (χ0v) is 27.2. The third-order valence-corrected chi connectivity index (χ3v) is 9.84. The molecule has 2 fully saturated rings. The van der Waals surface area contributed by atoms with Gasteiger partial charge in [-0.3, -0.25) is 9.69 Å². The number of amides is 1. The number of piperazine rings is 1. The van der Waals surface area contributed by atoms with Gasteiger partial charge in [0.1, 0.15) is 5.75 Å². The SMILES string of the molecule is CCc1nc(C(N)=O)c(Nc2ccc(N3CCC(N4CCN(C)CC4)CC3)c(C)c2)nc1N[C@H]1CCc2ccc(OC)cc2C1. The molecule has 0 spiro atoms. The fourth-order valence-corrected chi connectivity index (χ4v) is 7.15. The van der Waals surface area contributed by atoms with E-state index in [1.54, 1.807) is 7.11 Å². The lowest BCUT2D eigenvalue weighted by molar-refractivity contribution is 0.0982. The monoisotopic (exact) mass is 612 g/mol. The molecule has 2 saturated heterocycles. The molecule has 10 heteroatoms. The molecule has 1 aliphatic carbocycles. The van der Waals surface area contributed by atoms with E-state index in [0.717, 1.165) is 49.5 Å². The van der Waals surface area contributed by atoms with Crippen molar-refractivity contribution in [1.29, 1.82) is 0 Å². The first-order chi connectivity index (χ1) is 21.8. The van der Waals surface area contributed by atoms with Gasteiger partial charge in [0.05, 0.1) is 12.8 Å². The molecule has 10 nitrogen and oxygen atoms in total. The summed E-state index contributed by atoms with van der Waals surface area (Å²) < 4.78 is 5.46. The Hall–Kier alpha value is -3.89. The highest BCUT2D eigenvalue weighted by Crippen LogP contribution is 2.31. The van der Waals surface area contributed by atoms with Gasteiger partial charge >= 0.3 is 0 Å². The Morgan fingerprint density at radius 1 is 0.978 bits per heavy atom. The van der Waals surface area contributed by atoms with E-state index in [-0.39, 0.29) is 11.7 Å². The minimum atomic E-state index is -0.596. The van der Waals surface area contributed by atoms with Gasteiger partial charge in [-0.25, -0.2) is 9.97 Å². The van der Waals surface area contributed by atoms with Gasteiger partial charge in [-0.15, -0.1) is 0 Å². The molecular weight excluding hydrogens is 564 g/mol. The molecule has 1 atom stereocenters. The lowest BCUT2D eigenvalue weighted by atomic mass is 9.88. The molecule has 2 aliphatic heterocycles. The first-order valence-corrected chi connectivity index (χ1v) is 16.5. The van der Waals surface area contributed by atoms with Crippen molar-refractivity contribution in [2.45, 2.75) is 64.5 Å². The third-order valence-electron chi connectivity index (χ3n) is 9.84. The molecule has 45 heavy (non-hydrogen) atoms. The Morgan fingerprint density at radius 3 is 2.44 bits per heavy atom. The molecule has 2 aromatic carbocycles. The van der Waals surface area contributed by atoms with Crippen molar-refractivity contribution in [2.75, 3.05) is 69.0 Å². The number of nitrogens with zero attached hydrogens (tertiary/aromatic N) is 5. The Kier molecular flexibility index (Phi) is 9.42. The molecule has 0 bridgehead atoms. The van der Waals surface area contributed by atoms with Crippen LogP contribution >= 0.6 is 0 Å². The van der Waals surface area contributed by atoms with Gasteiger partial charge < -0.3 is 30.9 Å². The summed E-state index contributed by atoms with van der Waals surface area (Å²) in [6, 6.07) is 13.6. The van der Waals surface area contributed by atoms with Gasteiger partial charge in [0, 0.05) is 62.7 Å². The number of anilines is 4. The van der Waals surface area contributed by atoms with Gasteiger partial charge in [-0.2, -0.15) is 0 Å². The standard InChI is InChI=1S/C35H48N8O2/c1-5-30-34(37-27-8-6-24-7-10-29(45-4)22-25(24)21-27)40-35(32(39-30)33(36)44)38-26-9-11-31(23(2)20-26)43-14-12-28(13-15-43)42-18-16-41(3)17-19-42/h7,9-11,20,22,27-28H,5-6,8,12-19,21H2,1-4H3,(H2,36,44)(H2,37,38,40)/t27-/m0/s1. The van der Waals surface area contributed by atoms with E-state index in [9.17, 15) is 4.79 Å². The first kappa shape index (κ1) is 31.1. The summed E-state index contributed by atoms with van der Waals surface area (Å²) in [7, 11) is 3.92. The summed E-state index contributed by atoms with van der Waals surface area (Å²) in [5.41, 5.74) is 12.6. The lowest BCUT2D eigenvalue weighted by Gasteiger charge is -2.43. The van der Waals surface area contributed by atoms with Crippen LogP contribution in [0.25, 0.3) is 0 Å². The van der Waals surface area contributed by atoms with Crippen LogP contribution in [-0.2, 0) is 19.3 Å². The first-order valence-electron chi connectivity index (χ1n) is 16.5. The molecule has 4 N–H and O–H groups in total. The summed E-state index contributed by atoms with van der Waals surface area (Å²) in [4.78, 5) is 29.7. The summed E-state index contributed by atoms with van der Waals surface area (Å²) >= 11 is 0. The maximum Gasteiger partial charge on any atom is 0.271 e. The number of fused-ring (bicyclic) bond motifs is 1. The topological polar surface area (TPSA) is 112 Å². The number of carbonyl (C=O) groups excluding carboxylic acids is 1. The van der Waals surface area contributed by atoms with E-state index in [2.05, 4.69) is 69.6 Å². The van der Waals surface area contributed by atoms with Crippen LogP contribution in [0.3, 0.4) is 0 Å². The number of aryl methyl sites for hydroxylation is 3. The van der Waals surface area contributed by atoms with Crippen molar-refractivity contribution in [3.8, 4) is 5.75 Å². The zero-order valence-electron chi connectivity index (χ0n) is 27.2. The molecule has 0 saturated carbocycles. The number of likely N-dealkylation sites (N-methyl/N-ethyl adjacent to an activating group) is 1. The molecule has 1 amide bonds. The van der Waals surface area contributed by atoms with E-state index in [0.29, 0.717) is 24.1 Å². The highest BCUT2D eigenvalue weighted by Gasteiger charge is 2.28. The molecule has 3 aliphatic rings. The quantitative estimate of drug-likeness (QED) is 0.324. The second-order valence-electron chi connectivity index (χ2n) is 12.8. The van der Waals surface area contributed by atoms with Crippen molar-refractivity contribution in [1.82, 2.24) is 19.8 Å².